The minimum Gasteiger partial charge on any atom is -0.494 e. The molecule has 162 valence electrons. The minimum absolute atomic E-state index is 0.00418. The second kappa shape index (κ2) is 9.24. The van der Waals surface area contributed by atoms with Crippen molar-refractivity contribution in [1.29, 1.82) is 0 Å². The third kappa shape index (κ3) is 5.56. The third-order valence-corrected chi connectivity index (χ3v) is 6.48. The molecule has 2 aliphatic rings. The van der Waals surface area contributed by atoms with Gasteiger partial charge in [-0.15, -0.1) is 0 Å². The number of anilines is 1. The molecule has 0 radical (unpaired) electrons. The number of sulfone groups is 1. The summed E-state index contributed by atoms with van der Waals surface area (Å²) in [5.74, 6) is -0.740. The first-order valence-electron chi connectivity index (χ1n) is 9.68. The van der Waals surface area contributed by atoms with Crippen LogP contribution in [-0.4, -0.2) is 67.6 Å². The maximum atomic E-state index is 12.4. The number of ether oxygens (including phenoxy) is 1. The van der Waals surface area contributed by atoms with E-state index in [2.05, 4.69) is 15.7 Å². The molecule has 2 aliphatic heterocycles. The molecule has 0 saturated carbocycles. The Hall–Kier alpha value is -2.95. The van der Waals surface area contributed by atoms with Crippen LogP contribution in [0.3, 0.4) is 0 Å². The average Bonchev–Trinajstić information content (AvgIpc) is 3.07. The minimum atomic E-state index is -3.19. The molecule has 1 unspecified atom stereocenters. The zero-order valence-electron chi connectivity index (χ0n) is 16.6. The number of amides is 3. The average molecular weight is 436 g/mol. The van der Waals surface area contributed by atoms with Crippen LogP contribution in [0.5, 0.6) is 5.75 Å². The summed E-state index contributed by atoms with van der Waals surface area (Å²) in [6.45, 7) is 2.15. The van der Waals surface area contributed by atoms with E-state index >= 15 is 0 Å². The van der Waals surface area contributed by atoms with Crippen LogP contribution in [0, 0.1) is 0 Å². The fourth-order valence-corrected chi connectivity index (χ4v) is 4.95. The Morgan fingerprint density at radius 2 is 1.97 bits per heavy atom. The lowest BCUT2D eigenvalue weighted by atomic mass is 10.1. The summed E-state index contributed by atoms with van der Waals surface area (Å²) in [5, 5.41) is 10.3. The number of benzene rings is 1. The van der Waals surface area contributed by atoms with E-state index in [1.807, 2.05) is 6.92 Å². The normalized spacial score (nSPS) is 20.4. The van der Waals surface area contributed by atoms with Crippen molar-refractivity contribution in [2.75, 3.05) is 30.0 Å². The Morgan fingerprint density at radius 1 is 1.23 bits per heavy atom. The summed E-state index contributed by atoms with van der Waals surface area (Å²) >= 11 is 0. The summed E-state index contributed by atoms with van der Waals surface area (Å²) in [6.07, 6.45) is 0.513. The second-order valence-corrected chi connectivity index (χ2v) is 9.26. The molecule has 0 bridgehead atoms. The van der Waals surface area contributed by atoms with Gasteiger partial charge in [-0.2, -0.15) is 5.10 Å². The lowest BCUT2D eigenvalue weighted by Crippen LogP contribution is -2.45. The molecule has 0 aromatic heterocycles. The standard InChI is InChI=1S/C19H24N4O6S/c1-2-29-15-5-3-13(4-6-15)21-17(24)11-20-19(26)16-7-8-18(25)23(22-16)14-9-10-30(27,28)12-14/h3-6,14H,2,7-12H2,1H3,(H,20,26)(H,21,24). The Kier molecular flexibility index (Phi) is 6.70. The largest absolute Gasteiger partial charge is 0.494 e. The number of rotatable bonds is 7. The van der Waals surface area contributed by atoms with Crippen LogP contribution in [-0.2, 0) is 24.2 Å². The van der Waals surface area contributed by atoms with Gasteiger partial charge < -0.3 is 15.4 Å². The van der Waals surface area contributed by atoms with Crippen molar-refractivity contribution >= 4 is 39.0 Å². The van der Waals surface area contributed by atoms with Crippen LogP contribution in [0.25, 0.3) is 0 Å². The summed E-state index contributed by atoms with van der Waals surface area (Å²) < 4.78 is 28.7. The molecule has 1 saturated heterocycles. The van der Waals surface area contributed by atoms with Gasteiger partial charge in [0.1, 0.15) is 11.5 Å². The zero-order chi connectivity index (χ0) is 21.7. The predicted molar refractivity (Wildman–Crippen MR) is 110 cm³/mol. The second-order valence-electron chi connectivity index (χ2n) is 7.03. The molecule has 1 aromatic rings. The van der Waals surface area contributed by atoms with Gasteiger partial charge in [-0.05, 0) is 37.6 Å². The lowest BCUT2D eigenvalue weighted by molar-refractivity contribution is -0.133. The molecular formula is C19H24N4O6S. The van der Waals surface area contributed by atoms with Crippen molar-refractivity contribution in [2.45, 2.75) is 32.2 Å². The van der Waals surface area contributed by atoms with Crippen molar-refractivity contribution in [3.63, 3.8) is 0 Å². The van der Waals surface area contributed by atoms with Crippen molar-refractivity contribution in [3.05, 3.63) is 24.3 Å². The summed E-state index contributed by atoms with van der Waals surface area (Å²) in [6, 6.07) is 6.28. The quantitative estimate of drug-likeness (QED) is 0.632. The number of hydrogen-bond acceptors (Lipinski definition) is 7. The van der Waals surface area contributed by atoms with Crippen LogP contribution in [0.15, 0.2) is 29.4 Å². The van der Waals surface area contributed by atoms with Crippen molar-refractivity contribution in [3.8, 4) is 5.75 Å². The monoisotopic (exact) mass is 436 g/mol. The summed E-state index contributed by atoms with van der Waals surface area (Å²) in [7, 11) is -3.19. The van der Waals surface area contributed by atoms with Crippen molar-refractivity contribution < 1.29 is 27.5 Å². The summed E-state index contributed by atoms with van der Waals surface area (Å²) in [5.41, 5.74) is 0.666. The first kappa shape index (κ1) is 21.8. The van der Waals surface area contributed by atoms with E-state index in [-0.39, 0.29) is 42.5 Å². The van der Waals surface area contributed by atoms with E-state index in [0.717, 1.165) is 5.01 Å². The molecule has 3 rings (SSSR count). The van der Waals surface area contributed by atoms with Gasteiger partial charge in [-0.3, -0.25) is 14.4 Å². The molecule has 11 heteroatoms. The number of carbonyl (C=O) groups is 3. The molecule has 2 N–H and O–H groups in total. The molecule has 0 aliphatic carbocycles. The zero-order valence-corrected chi connectivity index (χ0v) is 17.4. The van der Waals surface area contributed by atoms with Crippen molar-refractivity contribution in [2.24, 2.45) is 5.10 Å². The SMILES string of the molecule is CCOc1ccc(NC(=O)CNC(=O)C2=NN(C3CCS(=O)(=O)C3)C(=O)CC2)cc1. The first-order chi connectivity index (χ1) is 14.3. The number of hydrazone groups is 1. The van der Waals surface area contributed by atoms with Gasteiger partial charge in [0, 0.05) is 18.5 Å². The molecule has 10 nitrogen and oxygen atoms in total. The fourth-order valence-electron chi connectivity index (χ4n) is 3.26. The van der Waals surface area contributed by atoms with Crippen LogP contribution in [0.1, 0.15) is 26.2 Å². The van der Waals surface area contributed by atoms with E-state index < -0.39 is 27.7 Å². The molecule has 3 amide bonds. The van der Waals surface area contributed by atoms with Gasteiger partial charge in [0.15, 0.2) is 9.84 Å². The highest BCUT2D eigenvalue weighted by Crippen LogP contribution is 2.22. The maximum Gasteiger partial charge on any atom is 0.267 e. The third-order valence-electron chi connectivity index (χ3n) is 4.73. The fraction of sp³-hybridized carbons (Fsp3) is 0.474. The highest BCUT2D eigenvalue weighted by atomic mass is 32.2. The van der Waals surface area contributed by atoms with Crippen LogP contribution >= 0.6 is 0 Å². The predicted octanol–water partition coefficient (Wildman–Crippen LogP) is 0.306. The van der Waals surface area contributed by atoms with Crippen LogP contribution in [0.4, 0.5) is 5.69 Å². The van der Waals surface area contributed by atoms with Crippen LogP contribution < -0.4 is 15.4 Å². The molecule has 2 heterocycles. The Morgan fingerprint density at radius 3 is 2.60 bits per heavy atom. The van der Waals surface area contributed by atoms with E-state index in [4.69, 9.17) is 4.74 Å². The first-order valence-corrected chi connectivity index (χ1v) is 11.5. The Balaban J connectivity index is 1.54. The lowest BCUT2D eigenvalue weighted by Gasteiger charge is -2.27. The Bertz CT molecular complexity index is 958. The molecule has 0 spiro atoms. The number of nitrogens with zero attached hydrogens (tertiary/aromatic N) is 2. The van der Waals surface area contributed by atoms with Gasteiger partial charge in [-0.25, -0.2) is 13.4 Å². The highest BCUT2D eigenvalue weighted by Gasteiger charge is 2.37. The number of nitrogens with one attached hydrogen (secondary N) is 2. The topological polar surface area (TPSA) is 134 Å². The van der Waals surface area contributed by atoms with E-state index in [0.29, 0.717) is 24.5 Å². The van der Waals surface area contributed by atoms with Gasteiger partial charge in [-0.1, -0.05) is 0 Å². The molecule has 1 aromatic carbocycles. The van der Waals surface area contributed by atoms with Crippen LogP contribution in [0.2, 0.25) is 0 Å². The highest BCUT2D eigenvalue weighted by molar-refractivity contribution is 7.91. The van der Waals surface area contributed by atoms with E-state index in [9.17, 15) is 22.8 Å². The van der Waals surface area contributed by atoms with E-state index in [1.54, 1.807) is 24.3 Å². The maximum absolute atomic E-state index is 12.4. The van der Waals surface area contributed by atoms with Gasteiger partial charge >= 0.3 is 0 Å². The summed E-state index contributed by atoms with van der Waals surface area (Å²) in [4.78, 5) is 36.6. The van der Waals surface area contributed by atoms with Gasteiger partial charge in [0.05, 0.1) is 30.7 Å². The molecule has 1 fully saturated rings. The van der Waals surface area contributed by atoms with Gasteiger partial charge in [0.25, 0.3) is 5.91 Å². The van der Waals surface area contributed by atoms with E-state index in [1.165, 1.54) is 0 Å². The number of hydrogen-bond donors (Lipinski definition) is 2. The Labute approximate surface area is 174 Å². The van der Waals surface area contributed by atoms with Gasteiger partial charge in [0.2, 0.25) is 11.8 Å². The molecular weight excluding hydrogens is 412 g/mol. The smallest absolute Gasteiger partial charge is 0.267 e. The molecule has 30 heavy (non-hydrogen) atoms. The van der Waals surface area contributed by atoms with Crippen molar-refractivity contribution in [1.82, 2.24) is 10.3 Å². The number of carbonyl (C=O) groups excluding carboxylic acids is 3. The molecule has 1 atom stereocenters.